The number of nitrogens with zero attached hydrogens (tertiary/aromatic N) is 1. The lowest BCUT2D eigenvalue weighted by molar-refractivity contribution is 0.235. The van der Waals surface area contributed by atoms with E-state index in [2.05, 4.69) is 0 Å². The van der Waals surface area contributed by atoms with Crippen molar-refractivity contribution in [1.82, 2.24) is 0 Å². The van der Waals surface area contributed by atoms with Gasteiger partial charge in [0.05, 0.1) is 6.07 Å². The van der Waals surface area contributed by atoms with Crippen LogP contribution in [0.2, 0.25) is 0 Å². The highest BCUT2D eigenvalue weighted by Crippen LogP contribution is 2.25. The summed E-state index contributed by atoms with van der Waals surface area (Å²) in [7, 11) is 0. The van der Waals surface area contributed by atoms with Crippen molar-refractivity contribution in [3.8, 4) is 11.8 Å². The van der Waals surface area contributed by atoms with E-state index in [1.807, 2.05) is 0 Å². The Morgan fingerprint density at radius 3 is 2.15 bits per heavy atom. The van der Waals surface area contributed by atoms with Crippen LogP contribution >= 0.6 is 0 Å². The van der Waals surface area contributed by atoms with Crippen LogP contribution in [0.5, 0.6) is 5.75 Å². The number of phenolic OH excluding ortho intramolecular Hbond substituents is 1. The van der Waals surface area contributed by atoms with E-state index in [1.165, 1.54) is 0 Å². The number of benzene rings is 1. The molecule has 2 N–H and O–H groups in total. The normalized spacial score (nSPS) is 12.2. The number of aromatic hydroxyl groups is 1. The van der Waals surface area contributed by atoms with Crippen molar-refractivity contribution in [3.05, 3.63) is 28.8 Å². The number of aliphatic hydroxyl groups is 1. The summed E-state index contributed by atoms with van der Waals surface area (Å²) in [5.74, 6) is 0.217. The molecule has 3 heteroatoms. The molecule has 1 atom stereocenters. The summed E-state index contributed by atoms with van der Waals surface area (Å²) in [6, 6.07) is 4.94. The molecule has 0 aliphatic rings. The van der Waals surface area contributed by atoms with Gasteiger partial charge in [-0.3, -0.25) is 0 Å². The van der Waals surface area contributed by atoms with Crippen LogP contribution in [0.15, 0.2) is 12.1 Å². The Labute approximate surface area is 76.9 Å². The molecule has 0 bridgehead atoms. The maximum atomic E-state index is 9.42. The van der Waals surface area contributed by atoms with Gasteiger partial charge in [0.2, 0.25) is 0 Å². The largest absolute Gasteiger partial charge is 0.507 e. The first-order valence-electron chi connectivity index (χ1n) is 3.94. The van der Waals surface area contributed by atoms with E-state index in [1.54, 1.807) is 32.0 Å². The van der Waals surface area contributed by atoms with Crippen molar-refractivity contribution >= 4 is 0 Å². The molecule has 1 aromatic carbocycles. The van der Waals surface area contributed by atoms with Gasteiger partial charge in [0, 0.05) is 0 Å². The zero-order valence-electron chi connectivity index (χ0n) is 7.57. The van der Waals surface area contributed by atoms with Crippen molar-refractivity contribution in [1.29, 1.82) is 5.26 Å². The smallest absolute Gasteiger partial charge is 0.165 e. The zero-order valence-corrected chi connectivity index (χ0v) is 7.57. The van der Waals surface area contributed by atoms with Gasteiger partial charge in [-0.2, -0.15) is 5.26 Å². The number of hydrogen-bond acceptors (Lipinski definition) is 3. The van der Waals surface area contributed by atoms with Gasteiger partial charge in [-0.25, -0.2) is 0 Å². The predicted octanol–water partition coefficient (Wildman–Crippen LogP) is 1.57. The third-order valence-corrected chi connectivity index (χ3v) is 1.95. The molecule has 0 saturated heterocycles. The van der Waals surface area contributed by atoms with E-state index in [9.17, 15) is 10.2 Å². The van der Waals surface area contributed by atoms with Crippen LogP contribution < -0.4 is 0 Å². The van der Waals surface area contributed by atoms with Crippen molar-refractivity contribution < 1.29 is 10.2 Å². The lowest BCUT2D eigenvalue weighted by Crippen LogP contribution is -1.95. The Bertz CT molecular complexity index is 343. The first kappa shape index (κ1) is 9.56. The molecule has 13 heavy (non-hydrogen) atoms. The monoisotopic (exact) mass is 177 g/mol. The molecule has 0 saturated carbocycles. The van der Waals surface area contributed by atoms with Crippen LogP contribution in [0.4, 0.5) is 0 Å². The Balaban J connectivity index is 3.22. The van der Waals surface area contributed by atoms with Crippen LogP contribution in [0.3, 0.4) is 0 Å². The summed E-state index contributed by atoms with van der Waals surface area (Å²) in [5.41, 5.74) is 1.86. The summed E-state index contributed by atoms with van der Waals surface area (Å²) in [6.45, 7) is 3.46. The molecule has 0 spiro atoms. The number of rotatable bonds is 1. The molecule has 0 aliphatic heterocycles. The molecule has 0 amide bonds. The minimum Gasteiger partial charge on any atom is -0.507 e. The molecule has 1 rings (SSSR count). The summed E-state index contributed by atoms with van der Waals surface area (Å²) in [5, 5.41) is 27.1. The van der Waals surface area contributed by atoms with Crippen molar-refractivity contribution in [3.63, 3.8) is 0 Å². The van der Waals surface area contributed by atoms with Gasteiger partial charge in [-0.15, -0.1) is 0 Å². The minimum absolute atomic E-state index is 0.217. The van der Waals surface area contributed by atoms with Gasteiger partial charge in [0.1, 0.15) is 5.75 Å². The summed E-state index contributed by atoms with van der Waals surface area (Å²) in [4.78, 5) is 0. The van der Waals surface area contributed by atoms with Gasteiger partial charge in [0.15, 0.2) is 6.10 Å². The first-order valence-corrected chi connectivity index (χ1v) is 3.94. The fourth-order valence-electron chi connectivity index (χ4n) is 1.22. The highest BCUT2D eigenvalue weighted by atomic mass is 16.3. The lowest BCUT2D eigenvalue weighted by Gasteiger charge is -2.08. The molecule has 0 aromatic heterocycles. The fraction of sp³-hybridized carbons (Fsp3) is 0.300. The second-order valence-corrected chi connectivity index (χ2v) is 3.03. The molecular formula is C10H11NO2. The average molecular weight is 177 g/mol. The van der Waals surface area contributed by atoms with Gasteiger partial charge >= 0.3 is 0 Å². The van der Waals surface area contributed by atoms with Gasteiger partial charge < -0.3 is 10.2 Å². The minimum atomic E-state index is -1.11. The van der Waals surface area contributed by atoms with E-state index in [-0.39, 0.29) is 5.75 Å². The SMILES string of the molecule is Cc1cc(C(O)C#N)cc(C)c1O. The van der Waals surface area contributed by atoms with Crippen molar-refractivity contribution in [2.45, 2.75) is 20.0 Å². The third kappa shape index (κ3) is 1.79. The fourth-order valence-corrected chi connectivity index (χ4v) is 1.22. The Hall–Kier alpha value is -1.53. The van der Waals surface area contributed by atoms with Gasteiger partial charge in [-0.05, 0) is 42.7 Å². The van der Waals surface area contributed by atoms with Gasteiger partial charge in [0.25, 0.3) is 0 Å². The third-order valence-electron chi connectivity index (χ3n) is 1.95. The van der Waals surface area contributed by atoms with Crippen LogP contribution in [-0.2, 0) is 0 Å². The predicted molar refractivity (Wildman–Crippen MR) is 48.2 cm³/mol. The Morgan fingerprint density at radius 2 is 1.77 bits per heavy atom. The molecule has 1 unspecified atom stereocenters. The number of hydrogen-bond donors (Lipinski definition) is 2. The summed E-state index contributed by atoms with van der Waals surface area (Å²) < 4.78 is 0. The molecule has 0 fully saturated rings. The highest BCUT2D eigenvalue weighted by Gasteiger charge is 2.09. The van der Waals surface area contributed by atoms with E-state index < -0.39 is 6.10 Å². The zero-order chi connectivity index (χ0) is 10.0. The molecular weight excluding hydrogens is 166 g/mol. The lowest BCUT2D eigenvalue weighted by atomic mass is 10.0. The van der Waals surface area contributed by atoms with E-state index in [0.717, 1.165) is 0 Å². The quantitative estimate of drug-likeness (QED) is 0.640. The number of aliphatic hydroxyl groups excluding tert-OH is 1. The van der Waals surface area contributed by atoms with Crippen LogP contribution in [0.1, 0.15) is 22.8 Å². The Kier molecular flexibility index (Phi) is 2.54. The van der Waals surface area contributed by atoms with Crippen LogP contribution in [0.25, 0.3) is 0 Å². The molecule has 68 valence electrons. The second kappa shape index (κ2) is 3.46. The first-order chi connectivity index (χ1) is 6.06. The molecule has 0 aliphatic carbocycles. The van der Waals surface area contributed by atoms with Crippen LogP contribution in [-0.4, -0.2) is 10.2 Å². The maximum absolute atomic E-state index is 9.42. The summed E-state index contributed by atoms with van der Waals surface area (Å²) >= 11 is 0. The Morgan fingerprint density at radius 1 is 1.31 bits per heavy atom. The standard InChI is InChI=1S/C10H11NO2/c1-6-3-8(9(12)5-11)4-7(2)10(6)13/h3-4,9,12-13H,1-2H3. The van der Waals surface area contributed by atoms with Crippen LogP contribution in [0, 0.1) is 25.2 Å². The van der Waals surface area contributed by atoms with E-state index >= 15 is 0 Å². The van der Waals surface area contributed by atoms with Crippen molar-refractivity contribution in [2.75, 3.05) is 0 Å². The molecule has 0 radical (unpaired) electrons. The molecule has 3 nitrogen and oxygen atoms in total. The second-order valence-electron chi connectivity index (χ2n) is 3.03. The highest BCUT2D eigenvalue weighted by molar-refractivity contribution is 5.43. The van der Waals surface area contributed by atoms with E-state index in [0.29, 0.717) is 16.7 Å². The van der Waals surface area contributed by atoms with E-state index in [4.69, 9.17) is 5.26 Å². The maximum Gasteiger partial charge on any atom is 0.165 e. The number of nitriles is 1. The number of phenols is 1. The average Bonchev–Trinajstić information content (AvgIpc) is 2.12. The van der Waals surface area contributed by atoms with Crippen molar-refractivity contribution in [2.24, 2.45) is 0 Å². The molecule has 0 heterocycles. The summed E-state index contributed by atoms with van der Waals surface area (Å²) in [6.07, 6.45) is -1.11. The number of aryl methyl sites for hydroxylation is 2. The van der Waals surface area contributed by atoms with Gasteiger partial charge in [-0.1, -0.05) is 0 Å². The molecule has 1 aromatic rings. The topological polar surface area (TPSA) is 64.2 Å².